The van der Waals surface area contributed by atoms with Gasteiger partial charge in [0.2, 0.25) is 5.91 Å². The van der Waals surface area contributed by atoms with E-state index in [1.807, 2.05) is 17.9 Å². The minimum atomic E-state index is -0.183. The van der Waals surface area contributed by atoms with Crippen LogP contribution < -0.4 is 10.6 Å². The fourth-order valence-electron chi connectivity index (χ4n) is 3.23. The maximum atomic E-state index is 13.6. The summed E-state index contributed by atoms with van der Waals surface area (Å²) in [5.74, 6) is 0.670. The van der Waals surface area contributed by atoms with Gasteiger partial charge in [0.1, 0.15) is 5.82 Å². The molecule has 1 atom stereocenters. The molecule has 1 aliphatic heterocycles. The number of nitrogens with zero attached hydrogens (tertiary/aromatic N) is 2. The number of guanidine groups is 1. The van der Waals surface area contributed by atoms with Gasteiger partial charge in [0, 0.05) is 32.1 Å². The zero-order chi connectivity index (χ0) is 18.8. The van der Waals surface area contributed by atoms with Gasteiger partial charge in [-0.05, 0) is 51.2 Å². The van der Waals surface area contributed by atoms with Gasteiger partial charge in [-0.15, -0.1) is 24.0 Å². The molecule has 1 amide bonds. The van der Waals surface area contributed by atoms with Gasteiger partial charge in [0.05, 0.1) is 6.54 Å². The second-order valence-electron chi connectivity index (χ2n) is 6.71. The van der Waals surface area contributed by atoms with Crippen molar-refractivity contribution in [2.24, 2.45) is 4.99 Å². The van der Waals surface area contributed by atoms with Crippen molar-refractivity contribution in [1.82, 2.24) is 15.5 Å². The lowest BCUT2D eigenvalue weighted by atomic mass is 10.0. The number of amides is 1. The van der Waals surface area contributed by atoms with Crippen molar-refractivity contribution in [2.75, 3.05) is 26.2 Å². The molecular formula is C20H32FIN4O. The first-order valence-electron chi connectivity index (χ1n) is 9.67. The summed E-state index contributed by atoms with van der Waals surface area (Å²) in [6, 6.07) is 7.14. The van der Waals surface area contributed by atoms with Crippen LogP contribution >= 0.6 is 24.0 Å². The minimum Gasteiger partial charge on any atom is -0.357 e. The standard InChI is InChI=1S/C20H31FN4O.HI/c1-3-22-20(23-13-11-17-9-4-5-10-18(17)21)24-14-12-19(26)25-15-7-6-8-16(25)2;/h4-5,9-10,16H,3,6-8,11-15H2,1-2H3,(H2,22,23,24);1H. The molecule has 1 aromatic carbocycles. The number of carbonyl (C=O) groups is 1. The first-order valence-corrected chi connectivity index (χ1v) is 9.67. The van der Waals surface area contributed by atoms with Crippen LogP contribution in [-0.2, 0) is 11.2 Å². The summed E-state index contributed by atoms with van der Waals surface area (Å²) in [7, 11) is 0. The SMILES string of the molecule is CCNC(=NCCC(=O)N1CCCCC1C)NCCc1ccccc1F.I. The normalized spacial score (nSPS) is 17.2. The Morgan fingerprint density at radius 3 is 2.78 bits per heavy atom. The quantitative estimate of drug-likeness (QED) is 0.350. The summed E-state index contributed by atoms with van der Waals surface area (Å²) in [5, 5.41) is 6.37. The monoisotopic (exact) mass is 490 g/mol. The average Bonchev–Trinajstić information content (AvgIpc) is 2.63. The van der Waals surface area contributed by atoms with E-state index in [9.17, 15) is 9.18 Å². The van der Waals surface area contributed by atoms with Crippen LogP contribution in [0.25, 0.3) is 0 Å². The Kier molecular flexibility index (Phi) is 11.3. The van der Waals surface area contributed by atoms with Crippen molar-refractivity contribution in [3.05, 3.63) is 35.6 Å². The van der Waals surface area contributed by atoms with Gasteiger partial charge in [-0.3, -0.25) is 9.79 Å². The first-order chi connectivity index (χ1) is 12.6. The molecule has 0 bridgehead atoms. The third-order valence-electron chi connectivity index (χ3n) is 4.71. The van der Waals surface area contributed by atoms with E-state index in [0.717, 1.165) is 25.9 Å². The molecular weight excluding hydrogens is 458 g/mol. The molecule has 0 radical (unpaired) electrons. The number of piperidine rings is 1. The van der Waals surface area contributed by atoms with Gasteiger partial charge in [0.25, 0.3) is 0 Å². The number of hydrogen-bond acceptors (Lipinski definition) is 2. The molecule has 152 valence electrons. The molecule has 1 heterocycles. The molecule has 2 N–H and O–H groups in total. The lowest BCUT2D eigenvalue weighted by Gasteiger charge is -2.33. The van der Waals surface area contributed by atoms with E-state index >= 15 is 0 Å². The first kappa shape index (κ1) is 23.7. The summed E-state index contributed by atoms with van der Waals surface area (Å²) >= 11 is 0. The predicted octanol–water partition coefficient (Wildman–Crippen LogP) is 3.33. The number of likely N-dealkylation sites (tertiary alicyclic amines) is 1. The van der Waals surface area contributed by atoms with Crippen LogP contribution in [-0.4, -0.2) is 49.0 Å². The summed E-state index contributed by atoms with van der Waals surface area (Å²) in [6.45, 7) is 6.76. The minimum absolute atomic E-state index is 0. The highest BCUT2D eigenvalue weighted by atomic mass is 127. The van der Waals surface area contributed by atoms with Crippen molar-refractivity contribution in [3.63, 3.8) is 0 Å². The number of aliphatic imine (C=N–C) groups is 1. The molecule has 1 saturated heterocycles. The van der Waals surface area contributed by atoms with Crippen LogP contribution in [0.3, 0.4) is 0 Å². The van der Waals surface area contributed by atoms with Crippen LogP contribution in [0.4, 0.5) is 4.39 Å². The van der Waals surface area contributed by atoms with Gasteiger partial charge in [-0.25, -0.2) is 4.39 Å². The van der Waals surface area contributed by atoms with E-state index in [1.165, 1.54) is 12.5 Å². The number of rotatable bonds is 7. The molecule has 0 spiro atoms. The fraction of sp³-hybridized carbons (Fsp3) is 0.600. The molecule has 1 fully saturated rings. The molecule has 1 aromatic rings. The van der Waals surface area contributed by atoms with E-state index in [4.69, 9.17) is 0 Å². The number of benzene rings is 1. The Morgan fingerprint density at radius 1 is 1.30 bits per heavy atom. The molecule has 1 aliphatic rings. The largest absolute Gasteiger partial charge is 0.357 e. The molecule has 1 unspecified atom stereocenters. The zero-order valence-corrected chi connectivity index (χ0v) is 18.7. The molecule has 0 aliphatic carbocycles. The fourth-order valence-corrected chi connectivity index (χ4v) is 3.23. The topological polar surface area (TPSA) is 56.7 Å². The predicted molar refractivity (Wildman–Crippen MR) is 119 cm³/mol. The molecule has 27 heavy (non-hydrogen) atoms. The lowest BCUT2D eigenvalue weighted by Crippen LogP contribution is -2.42. The zero-order valence-electron chi connectivity index (χ0n) is 16.3. The maximum Gasteiger partial charge on any atom is 0.224 e. The Morgan fingerprint density at radius 2 is 2.07 bits per heavy atom. The van der Waals surface area contributed by atoms with Crippen molar-refractivity contribution in [3.8, 4) is 0 Å². The van der Waals surface area contributed by atoms with Gasteiger partial charge in [-0.1, -0.05) is 18.2 Å². The van der Waals surface area contributed by atoms with E-state index in [2.05, 4.69) is 22.5 Å². The summed E-state index contributed by atoms with van der Waals surface area (Å²) in [6.07, 6.45) is 4.41. The Balaban J connectivity index is 0.00000364. The highest BCUT2D eigenvalue weighted by molar-refractivity contribution is 14.0. The highest BCUT2D eigenvalue weighted by Crippen LogP contribution is 2.17. The van der Waals surface area contributed by atoms with Crippen LogP contribution in [0.5, 0.6) is 0 Å². The van der Waals surface area contributed by atoms with Crippen molar-refractivity contribution in [2.45, 2.75) is 52.0 Å². The van der Waals surface area contributed by atoms with Crippen LogP contribution in [0, 0.1) is 5.82 Å². The average molecular weight is 490 g/mol. The molecule has 5 nitrogen and oxygen atoms in total. The Bertz CT molecular complexity index is 611. The van der Waals surface area contributed by atoms with E-state index < -0.39 is 0 Å². The van der Waals surface area contributed by atoms with Crippen molar-refractivity contribution >= 4 is 35.8 Å². The summed E-state index contributed by atoms with van der Waals surface area (Å²) in [5.41, 5.74) is 0.685. The second-order valence-corrected chi connectivity index (χ2v) is 6.71. The third kappa shape index (κ3) is 8.02. The molecule has 7 heteroatoms. The molecule has 0 aromatic heterocycles. The highest BCUT2D eigenvalue weighted by Gasteiger charge is 2.22. The van der Waals surface area contributed by atoms with Crippen LogP contribution in [0.15, 0.2) is 29.3 Å². The van der Waals surface area contributed by atoms with Gasteiger partial charge in [-0.2, -0.15) is 0 Å². The second kappa shape index (κ2) is 12.9. The van der Waals surface area contributed by atoms with Gasteiger partial charge in [0.15, 0.2) is 5.96 Å². The van der Waals surface area contributed by atoms with Crippen LogP contribution in [0.1, 0.15) is 45.1 Å². The summed E-state index contributed by atoms with van der Waals surface area (Å²) < 4.78 is 13.6. The van der Waals surface area contributed by atoms with Gasteiger partial charge < -0.3 is 15.5 Å². The number of hydrogen-bond donors (Lipinski definition) is 2. The van der Waals surface area contributed by atoms with Crippen molar-refractivity contribution < 1.29 is 9.18 Å². The van der Waals surface area contributed by atoms with Crippen molar-refractivity contribution in [1.29, 1.82) is 0 Å². The lowest BCUT2D eigenvalue weighted by molar-refractivity contribution is -0.134. The number of carbonyl (C=O) groups excluding carboxylic acids is 1. The number of halogens is 2. The molecule has 0 saturated carbocycles. The van der Waals surface area contributed by atoms with E-state index in [-0.39, 0.29) is 35.7 Å². The Labute approximate surface area is 179 Å². The molecule has 2 rings (SSSR count). The Hall–Kier alpha value is -1.38. The maximum absolute atomic E-state index is 13.6. The smallest absolute Gasteiger partial charge is 0.224 e. The van der Waals surface area contributed by atoms with Gasteiger partial charge >= 0.3 is 0 Å². The van der Waals surface area contributed by atoms with Crippen LogP contribution in [0.2, 0.25) is 0 Å². The van der Waals surface area contributed by atoms with E-state index in [0.29, 0.717) is 43.5 Å². The van der Waals surface area contributed by atoms with E-state index in [1.54, 1.807) is 12.1 Å². The summed E-state index contributed by atoms with van der Waals surface area (Å²) in [4.78, 5) is 18.8. The third-order valence-corrected chi connectivity index (χ3v) is 4.71. The number of nitrogens with one attached hydrogen (secondary N) is 2.